The molecule has 3 heteroatoms. The normalized spacial score (nSPS) is 10.5. The van der Waals surface area contributed by atoms with Gasteiger partial charge in [0.15, 0.2) is 0 Å². The van der Waals surface area contributed by atoms with Gasteiger partial charge in [0, 0.05) is 9.79 Å². The molecule has 0 aliphatic heterocycles. The minimum atomic E-state index is -0.362. The number of rotatable bonds is 2. The fraction of sp³-hybridized carbons (Fsp3) is 0.143. The smallest absolute Gasteiger partial charge is 0.147 e. The van der Waals surface area contributed by atoms with Gasteiger partial charge in [0.2, 0.25) is 0 Å². The second-order valence-electron chi connectivity index (χ2n) is 4.00. The number of hydrogen-bond acceptors (Lipinski definition) is 2. The lowest BCUT2D eigenvalue weighted by Crippen LogP contribution is -1.92. The van der Waals surface area contributed by atoms with Gasteiger partial charge in [-0.05, 0) is 49.2 Å². The third-order valence-corrected chi connectivity index (χ3v) is 3.78. The van der Waals surface area contributed by atoms with E-state index in [4.69, 9.17) is 5.73 Å². The number of hydrogen-bond donors (Lipinski definition) is 1. The summed E-state index contributed by atoms with van der Waals surface area (Å²) in [5.74, 6) is -0.362. The summed E-state index contributed by atoms with van der Waals surface area (Å²) < 4.78 is 13.3. The van der Waals surface area contributed by atoms with E-state index in [1.165, 1.54) is 29.0 Å². The molecule has 0 aliphatic carbocycles. The Morgan fingerprint density at radius 1 is 1.06 bits per heavy atom. The Morgan fingerprint density at radius 3 is 2.53 bits per heavy atom. The maximum atomic E-state index is 13.3. The third kappa shape index (κ3) is 2.61. The van der Waals surface area contributed by atoms with Crippen LogP contribution in [0.25, 0.3) is 0 Å². The van der Waals surface area contributed by atoms with E-state index in [-0.39, 0.29) is 11.5 Å². The highest BCUT2D eigenvalue weighted by Crippen LogP contribution is 2.33. The molecular formula is C14H14FNS. The Kier molecular flexibility index (Phi) is 3.38. The van der Waals surface area contributed by atoms with Gasteiger partial charge in [0.25, 0.3) is 0 Å². The zero-order valence-corrected chi connectivity index (χ0v) is 10.6. The maximum absolute atomic E-state index is 13.3. The quantitative estimate of drug-likeness (QED) is 0.806. The summed E-state index contributed by atoms with van der Waals surface area (Å²) in [5, 5.41) is 0. The predicted octanol–water partition coefficient (Wildman–Crippen LogP) is 4.18. The molecule has 0 atom stereocenters. The molecule has 0 aliphatic rings. The lowest BCUT2D eigenvalue weighted by atomic mass is 10.1. The summed E-state index contributed by atoms with van der Waals surface area (Å²) >= 11 is 1.49. The van der Waals surface area contributed by atoms with Gasteiger partial charge in [-0.1, -0.05) is 23.9 Å². The van der Waals surface area contributed by atoms with Crippen LogP contribution in [0.3, 0.4) is 0 Å². The molecule has 0 spiro atoms. The molecule has 0 radical (unpaired) electrons. The molecule has 0 saturated heterocycles. The molecule has 2 N–H and O–H groups in total. The van der Waals surface area contributed by atoms with Gasteiger partial charge in [-0.3, -0.25) is 0 Å². The highest BCUT2D eigenvalue weighted by molar-refractivity contribution is 7.99. The minimum absolute atomic E-state index is 0.218. The van der Waals surface area contributed by atoms with Crippen molar-refractivity contribution in [1.29, 1.82) is 0 Å². The van der Waals surface area contributed by atoms with Crippen molar-refractivity contribution in [1.82, 2.24) is 0 Å². The first-order valence-electron chi connectivity index (χ1n) is 5.37. The summed E-state index contributed by atoms with van der Waals surface area (Å²) in [6.45, 7) is 4.13. The first-order chi connectivity index (χ1) is 8.08. The van der Waals surface area contributed by atoms with E-state index in [1.54, 1.807) is 6.07 Å². The van der Waals surface area contributed by atoms with E-state index in [0.717, 1.165) is 9.79 Å². The summed E-state index contributed by atoms with van der Waals surface area (Å²) in [7, 11) is 0. The largest absolute Gasteiger partial charge is 0.395 e. The number of benzene rings is 2. The lowest BCUT2D eigenvalue weighted by Gasteiger charge is -2.07. The Morgan fingerprint density at radius 2 is 1.82 bits per heavy atom. The molecule has 0 saturated carbocycles. The van der Waals surface area contributed by atoms with Crippen LogP contribution in [0.5, 0.6) is 0 Å². The van der Waals surface area contributed by atoms with Gasteiger partial charge >= 0.3 is 0 Å². The van der Waals surface area contributed by atoms with Crippen LogP contribution in [0.4, 0.5) is 10.1 Å². The number of nitrogen functional groups attached to an aromatic ring is 1. The van der Waals surface area contributed by atoms with Crippen molar-refractivity contribution in [2.45, 2.75) is 23.6 Å². The monoisotopic (exact) mass is 247 g/mol. The fourth-order valence-corrected chi connectivity index (χ4v) is 2.49. The minimum Gasteiger partial charge on any atom is -0.395 e. The second kappa shape index (κ2) is 4.80. The highest BCUT2D eigenvalue weighted by atomic mass is 32.2. The van der Waals surface area contributed by atoms with Crippen LogP contribution >= 0.6 is 11.8 Å². The van der Waals surface area contributed by atoms with Crippen molar-refractivity contribution in [3.8, 4) is 0 Å². The van der Waals surface area contributed by atoms with Gasteiger partial charge in [0.05, 0.1) is 5.69 Å². The molecule has 0 heterocycles. The van der Waals surface area contributed by atoms with Crippen molar-refractivity contribution in [2.24, 2.45) is 0 Å². The van der Waals surface area contributed by atoms with E-state index >= 15 is 0 Å². The summed E-state index contributed by atoms with van der Waals surface area (Å²) in [6, 6.07) is 11.1. The van der Waals surface area contributed by atoms with Gasteiger partial charge in [-0.25, -0.2) is 4.39 Å². The fourth-order valence-electron chi connectivity index (χ4n) is 1.51. The molecule has 2 aromatic carbocycles. The number of para-hydroxylation sites is 1. The third-order valence-electron chi connectivity index (χ3n) is 2.72. The molecule has 2 aromatic rings. The summed E-state index contributed by atoms with van der Waals surface area (Å²) in [6.07, 6.45) is 0. The van der Waals surface area contributed by atoms with Crippen LogP contribution in [-0.2, 0) is 0 Å². The van der Waals surface area contributed by atoms with Crippen molar-refractivity contribution in [2.75, 3.05) is 5.73 Å². The van der Waals surface area contributed by atoms with Crippen LogP contribution in [0, 0.1) is 19.7 Å². The van der Waals surface area contributed by atoms with Crippen molar-refractivity contribution in [3.63, 3.8) is 0 Å². The molecule has 17 heavy (non-hydrogen) atoms. The lowest BCUT2D eigenvalue weighted by molar-refractivity contribution is 0.629. The van der Waals surface area contributed by atoms with Crippen molar-refractivity contribution in [3.05, 3.63) is 53.3 Å². The molecule has 0 aromatic heterocycles. The molecule has 0 bridgehead atoms. The first kappa shape index (κ1) is 12.0. The molecule has 1 nitrogen and oxygen atoms in total. The maximum Gasteiger partial charge on any atom is 0.147 e. The molecule has 2 rings (SSSR count). The molecule has 0 unspecified atom stereocenters. The Hall–Kier alpha value is -1.48. The van der Waals surface area contributed by atoms with Gasteiger partial charge in [0.1, 0.15) is 5.82 Å². The second-order valence-corrected chi connectivity index (χ2v) is 5.12. The van der Waals surface area contributed by atoms with E-state index < -0.39 is 0 Å². The number of halogens is 1. The Bertz CT molecular complexity index is 552. The van der Waals surface area contributed by atoms with Crippen LogP contribution in [-0.4, -0.2) is 0 Å². The van der Waals surface area contributed by atoms with Gasteiger partial charge < -0.3 is 5.73 Å². The van der Waals surface area contributed by atoms with Crippen LogP contribution in [0.15, 0.2) is 46.2 Å². The van der Waals surface area contributed by atoms with E-state index in [1.807, 2.05) is 12.1 Å². The average molecular weight is 247 g/mol. The zero-order valence-electron chi connectivity index (χ0n) is 9.83. The first-order valence-corrected chi connectivity index (χ1v) is 6.18. The van der Waals surface area contributed by atoms with Gasteiger partial charge in [-0.2, -0.15) is 0 Å². The predicted molar refractivity (Wildman–Crippen MR) is 70.9 cm³/mol. The highest BCUT2D eigenvalue weighted by Gasteiger charge is 2.06. The van der Waals surface area contributed by atoms with Gasteiger partial charge in [-0.15, -0.1) is 0 Å². The SMILES string of the molecule is Cc1ccc(Sc2cccc(F)c2N)cc1C. The molecule has 88 valence electrons. The average Bonchev–Trinajstić information content (AvgIpc) is 2.30. The van der Waals surface area contributed by atoms with Crippen LogP contribution in [0.2, 0.25) is 0 Å². The number of aryl methyl sites for hydroxylation is 2. The molecule has 0 fully saturated rings. The number of anilines is 1. The van der Waals surface area contributed by atoms with Crippen LogP contribution < -0.4 is 5.73 Å². The topological polar surface area (TPSA) is 26.0 Å². The number of nitrogens with two attached hydrogens (primary N) is 1. The summed E-state index contributed by atoms with van der Waals surface area (Å²) in [4.78, 5) is 1.83. The summed E-state index contributed by atoms with van der Waals surface area (Å²) in [5.41, 5.74) is 8.40. The molecule has 0 amide bonds. The Balaban J connectivity index is 2.31. The van der Waals surface area contributed by atoms with Crippen molar-refractivity contribution < 1.29 is 4.39 Å². The van der Waals surface area contributed by atoms with Crippen LogP contribution in [0.1, 0.15) is 11.1 Å². The zero-order chi connectivity index (χ0) is 12.4. The standard InChI is InChI=1S/C14H14FNS/c1-9-6-7-11(8-10(9)2)17-13-5-3-4-12(15)14(13)16/h3-8H,16H2,1-2H3. The van der Waals surface area contributed by atoms with E-state index in [2.05, 4.69) is 26.0 Å². The van der Waals surface area contributed by atoms with Crippen molar-refractivity contribution >= 4 is 17.4 Å². The van der Waals surface area contributed by atoms with E-state index in [0.29, 0.717) is 0 Å². The Labute approximate surface area is 105 Å². The molecular weight excluding hydrogens is 233 g/mol. The van der Waals surface area contributed by atoms with E-state index in [9.17, 15) is 4.39 Å².